The molecule has 5 heteroatoms. The van der Waals surface area contributed by atoms with Gasteiger partial charge in [-0.25, -0.2) is 0 Å². The van der Waals surface area contributed by atoms with Crippen molar-refractivity contribution in [3.63, 3.8) is 0 Å². The predicted octanol–water partition coefficient (Wildman–Crippen LogP) is 4.42. The third kappa shape index (κ3) is 8.09. The van der Waals surface area contributed by atoms with Crippen molar-refractivity contribution >= 4 is 41.3 Å². The normalized spacial score (nSPS) is 13.6. The molecule has 0 bridgehead atoms. The van der Waals surface area contributed by atoms with Crippen molar-refractivity contribution in [2.45, 2.75) is 46.6 Å². The van der Waals surface area contributed by atoms with Crippen LogP contribution in [0.1, 0.15) is 51.5 Å². The Morgan fingerprint density at radius 2 is 2.10 bits per heavy atom. The third-order valence-corrected chi connectivity index (χ3v) is 4.00. The van der Waals surface area contributed by atoms with E-state index in [1.807, 2.05) is 7.05 Å². The molecule has 0 fully saturated rings. The molecule has 0 aliphatic carbocycles. The van der Waals surface area contributed by atoms with Crippen molar-refractivity contribution in [2.75, 3.05) is 13.6 Å². The molecule has 116 valence electrons. The fraction of sp³-hybridized carbons (Fsp3) is 0.667. The highest BCUT2D eigenvalue weighted by atomic mass is 127. The standard InChI is InChI=1S/C15H27N3S.HI/c1-12(13-8-6-11-19-13)18-14(16-5)17-10-7-9-15(2,3)4;/h6,8,11-12H,7,9-10H2,1-5H3,(H2,16,17,18);1H. The molecule has 1 atom stereocenters. The average Bonchev–Trinajstić information content (AvgIpc) is 2.85. The van der Waals surface area contributed by atoms with Gasteiger partial charge >= 0.3 is 0 Å². The Bertz CT molecular complexity index is 382. The SMILES string of the molecule is CN=C(NCCCC(C)(C)C)NC(C)c1cccs1.I. The summed E-state index contributed by atoms with van der Waals surface area (Å²) in [4.78, 5) is 5.60. The lowest BCUT2D eigenvalue weighted by molar-refractivity contribution is 0.365. The first-order valence-electron chi connectivity index (χ1n) is 6.93. The van der Waals surface area contributed by atoms with Crippen molar-refractivity contribution in [3.8, 4) is 0 Å². The van der Waals surface area contributed by atoms with E-state index in [-0.39, 0.29) is 24.0 Å². The Kier molecular flexibility index (Phi) is 9.46. The fourth-order valence-corrected chi connectivity index (χ4v) is 2.57. The first kappa shape index (κ1) is 19.7. The maximum atomic E-state index is 4.27. The molecule has 1 rings (SSSR count). The van der Waals surface area contributed by atoms with Gasteiger partial charge in [-0.15, -0.1) is 35.3 Å². The first-order chi connectivity index (χ1) is 8.92. The summed E-state index contributed by atoms with van der Waals surface area (Å²) in [6.07, 6.45) is 2.38. The summed E-state index contributed by atoms with van der Waals surface area (Å²) in [5, 5.41) is 8.90. The van der Waals surface area contributed by atoms with Gasteiger partial charge in [0.25, 0.3) is 0 Å². The molecule has 3 nitrogen and oxygen atoms in total. The monoisotopic (exact) mass is 409 g/mol. The minimum absolute atomic E-state index is 0. The van der Waals surface area contributed by atoms with Crippen LogP contribution >= 0.6 is 35.3 Å². The van der Waals surface area contributed by atoms with E-state index in [9.17, 15) is 0 Å². The fourth-order valence-electron chi connectivity index (χ4n) is 1.83. The molecule has 0 saturated carbocycles. The van der Waals surface area contributed by atoms with E-state index in [0.29, 0.717) is 11.5 Å². The predicted molar refractivity (Wildman–Crippen MR) is 101 cm³/mol. The number of hydrogen-bond acceptors (Lipinski definition) is 2. The van der Waals surface area contributed by atoms with Crippen molar-refractivity contribution in [1.29, 1.82) is 0 Å². The largest absolute Gasteiger partial charge is 0.356 e. The lowest BCUT2D eigenvalue weighted by atomic mass is 9.91. The number of aliphatic imine (C=N–C) groups is 1. The van der Waals surface area contributed by atoms with Gasteiger partial charge in [0.05, 0.1) is 6.04 Å². The van der Waals surface area contributed by atoms with Crippen molar-refractivity contribution < 1.29 is 0 Å². The van der Waals surface area contributed by atoms with Crippen LogP contribution in [0.5, 0.6) is 0 Å². The zero-order valence-corrected chi connectivity index (χ0v) is 16.3. The van der Waals surface area contributed by atoms with E-state index in [1.54, 1.807) is 11.3 Å². The lowest BCUT2D eigenvalue weighted by Gasteiger charge is -2.20. The van der Waals surface area contributed by atoms with Crippen molar-refractivity contribution in [1.82, 2.24) is 10.6 Å². The minimum atomic E-state index is 0. The highest BCUT2D eigenvalue weighted by Crippen LogP contribution is 2.20. The number of thiophene rings is 1. The molecule has 1 aromatic heterocycles. The second kappa shape index (κ2) is 9.60. The second-order valence-corrected chi connectivity index (χ2v) is 7.02. The lowest BCUT2D eigenvalue weighted by Crippen LogP contribution is -2.39. The minimum Gasteiger partial charge on any atom is -0.356 e. The molecule has 0 aliphatic heterocycles. The smallest absolute Gasteiger partial charge is 0.191 e. The molecule has 0 radical (unpaired) electrons. The van der Waals surface area contributed by atoms with E-state index in [1.165, 1.54) is 11.3 Å². The summed E-state index contributed by atoms with van der Waals surface area (Å²) in [7, 11) is 1.82. The van der Waals surface area contributed by atoms with Gasteiger partial charge in [-0.3, -0.25) is 4.99 Å². The van der Waals surface area contributed by atoms with Gasteiger partial charge in [-0.1, -0.05) is 26.8 Å². The summed E-state index contributed by atoms with van der Waals surface area (Å²) >= 11 is 1.77. The van der Waals surface area contributed by atoms with Gasteiger partial charge in [0.15, 0.2) is 5.96 Å². The van der Waals surface area contributed by atoms with Crippen LogP contribution in [0.3, 0.4) is 0 Å². The molecule has 1 aromatic rings. The van der Waals surface area contributed by atoms with Crippen LogP contribution in [-0.4, -0.2) is 19.6 Å². The molecule has 0 saturated heterocycles. The Labute approximate surface area is 144 Å². The summed E-state index contributed by atoms with van der Waals surface area (Å²) < 4.78 is 0. The highest BCUT2D eigenvalue weighted by Gasteiger charge is 2.10. The van der Waals surface area contributed by atoms with Crippen molar-refractivity contribution in [3.05, 3.63) is 22.4 Å². The van der Waals surface area contributed by atoms with Crippen LogP contribution in [0.2, 0.25) is 0 Å². The molecule has 20 heavy (non-hydrogen) atoms. The zero-order valence-electron chi connectivity index (χ0n) is 13.2. The Hall–Kier alpha value is -0.300. The van der Waals surface area contributed by atoms with Gasteiger partial charge in [0, 0.05) is 18.5 Å². The molecule has 0 amide bonds. The van der Waals surface area contributed by atoms with Gasteiger partial charge in [0.1, 0.15) is 0 Å². The first-order valence-corrected chi connectivity index (χ1v) is 7.81. The van der Waals surface area contributed by atoms with Crippen LogP contribution in [-0.2, 0) is 0 Å². The van der Waals surface area contributed by atoms with E-state index in [2.05, 4.69) is 60.8 Å². The average molecular weight is 409 g/mol. The molecule has 0 spiro atoms. The summed E-state index contributed by atoms with van der Waals surface area (Å²) in [6.45, 7) is 9.96. The van der Waals surface area contributed by atoms with Crippen LogP contribution in [0.4, 0.5) is 0 Å². The number of guanidine groups is 1. The Balaban J connectivity index is 0.00000361. The van der Waals surface area contributed by atoms with E-state index >= 15 is 0 Å². The van der Waals surface area contributed by atoms with Gasteiger partial charge < -0.3 is 10.6 Å². The quantitative estimate of drug-likeness (QED) is 0.327. The number of nitrogens with one attached hydrogen (secondary N) is 2. The number of rotatable bonds is 5. The van der Waals surface area contributed by atoms with Gasteiger partial charge in [0.2, 0.25) is 0 Å². The Morgan fingerprint density at radius 1 is 1.40 bits per heavy atom. The number of halogens is 1. The second-order valence-electron chi connectivity index (χ2n) is 6.04. The van der Waals surface area contributed by atoms with Crippen LogP contribution < -0.4 is 10.6 Å². The van der Waals surface area contributed by atoms with Crippen LogP contribution in [0, 0.1) is 5.41 Å². The maximum Gasteiger partial charge on any atom is 0.191 e. The molecule has 0 aromatic carbocycles. The molecule has 1 unspecified atom stereocenters. The van der Waals surface area contributed by atoms with E-state index < -0.39 is 0 Å². The van der Waals surface area contributed by atoms with E-state index in [4.69, 9.17) is 0 Å². The highest BCUT2D eigenvalue weighted by molar-refractivity contribution is 14.0. The molecule has 1 heterocycles. The van der Waals surface area contributed by atoms with Crippen LogP contribution in [0.25, 0.3) is 0 Å². The summed E-state index contributed by atoms with van der Waals surface area (Å²) in [6, 6.07) is 4.53. The zero-order chi connectivity index (χ0) is 14.3. The summed E-state index contributed by atoms with van der Waals surface area (Å²) in [5.74, 6) is 0.884. The topological polar surface area (TPSA) is 36.4 Å². The third-order valence-electron chi connectivity index (χ3n) is 2.94. The number of hydrogen-bond donors (Lipinski definition) is 2. The van der Waals surface area contributed by atoms with Gasteiger partial charge in [-0.05, 0) is 36.6 Å². The molecule has 2 N–H and O–H groups in total. The molecular weight excluding hydrogens is 381 g/mol. The maximum absolute atomic E-state index is 4.27. The van der Waals surface area contributed by atoms with Crippen molar-refractivity contribution in [2.24, 2.45) is 10.4 Å². The Morgan fingerprint density at radius 3 is 2.60 bits per heavy atom. The number of nitrogens with zero attached hydrogens (tertiary/aromatic N) is 1. The molecule has 0 aliphatic rings. The summed E-state index contributed by atoms with van der Waals surface area (Å²) in [5.41, 5.74) is 0.406. The van der Waals surface area contributed by atoms with Crippen LogP contribution in [0.15, 0.2) is 22.5 Å². The molecular formula is C15H28IN3S. The van der Waals surface area contributed by atoms with Gasteiger partial charge in [-0.2, -0.15) is 0 Å². The van der Waals surface area contributed by atoms with E-state index in [0.717, 1.165) is 18.9 Å².